The first-order chi connectivity index (χ1) is 12.7. The van der Waals surface area contributed by atoms with Gasteiger partial charge < -0.3 is 5.32 Å². The molecular formula is C19H14N4O2S. The summed E-state index contributed by atoms with van der Waals surface area (Å²) in [7, 11) is 0. The van der Waals surface area contributed by atoms with Crippen LogP contribution in [0.15, 0.2) is 66.2 Å². The number of hydrogen-bond donors (Lipinski definition) is 1. The van der Waals surface area contributed by atoms with E-state index in [0.717, 1.165) is 0 Å². The van der Waals surface area contributed by atoms with Gasteiger partial charge in [-0.15, -0.1) is 21.5 Å². The molecule has 0 saturated heterocycles. The van der Waals surface area contributed by atoms with Crippen molar-refractivity contribution in [1.29, 1.82) is 0 Å². The summed E-state index contributed by atoms with van der Waals surface area (Å²) >= 11 is 1.36. The van der Waals surface area contributed by atoms with Gasteiger partial charge in [0.1, 0.15) is 0 Å². The predicted molar refractivity (Wildman–Crippen MR) is 98.4 cm³/mol. The molecule has 0 aliphatic rings. The molecule has 0 fully saturated rings. The van der Waals surface area contributed by atoms with Crippen LogP contribution in [0.4, 0.5) is 0 Å². The summed E-state index contributed by atoms with van der Waals surface area (Å²) in [6.07, 6.45) is 1.84. The molecule has 4 rings (SSSR count). The van der Waals surface area contributed by atoms with Crippen LogP contribution in [0.25, 0.3) is 5.65 Å². The Morgan fingerprint density at radius 1 is 0.962 bits per heavy atom. The van der Waals surface area contributed by atoms with Crippen molar-refractivity contribution in [2.24, 2.45) is 0 Å². The van der Waals surface area contributed by atoms with E-state index in [4.69, 9.17) is 0 Å². The lowest BCUT2D eigenvalue weighted by Gasteiger charge is -2.08. The summed E-state index contributed by atoms with van der Waals surface area (Å²) in [6, 6.07) is 16.0. The maximum atomic E-state index is 12.7. The van der Waals surface area contributed by atoms with Gasteiger partial charge in [-0.3, -0.25) is 14.0 Å². The van der Waals surface area contributed by atoms with Crippen molar-refractivity contribution in [2.75, 3.05) is 0 Å². The smallest absolute Gasteiger partial charge is 0.252 e. The molecule has 128 valence electrons. The average molecular weight is 362 g/mol. The van der Waals surface area contributed by atoms with Gasteiger partial charge in [-0.2, -0.15) is 0 Å². The normalized spacial score (nSPS) is 10.8. The quantitative estimate of drug-likeness (QED) is 0.554. The van der Waals surface area contributed by atoms with Crippen LogP contribution >= 0.6 is 11.3 Å². The minimum absolute atomic E-state index is 0.154. The van der Waals surface area contributed by atoms with Crippen LogP contribution in [0, 0.1) is 0 Å². The Balaban J connectivity index is 1.56. The number of hydrogen-bond acceptors (Lipinski definition) is 5. The molecule has 0 aliphatic heterocycles. The number of carbonyl (C=O) groups is 2. The second kappa shape index (κ2) is 6.89. The third-order valence-electron chi connectivity index (χ3n) is 3.95. The highest BCUT2D eigenvalue weighted by Gasteiger charge is 2.19. The van der Waals surface area contributed by atoms with Gasteiger partial charge in [-0.05, 0) is 29.6 Å². The molecule has 3 aromatic heterocycles. The first-order valence-electron chi connectivity index (χ1n) is 7.98. The van der Waals surface area contributed by atoms with Crippen molar-refractivity contribution in [3.05, 3.63) is 88.0 Å². The lowest BCUT2D eigenvalue weighted by Crippen LogP contribution is -2.26. The molecule has 0 atom stereocenters. The Hall–Kier alpha value is -3.32. The van der Waals surface area contributed by atoms with Crippen molar-refractivity contribution in [2.45, 2.75) is 6.54 Å². The first-order valence-corrected chi connectivity index (χ1v) is 8.86. The van der Waals surface area contributed by atoms with Crippen molar-refractivity contribution in [1.82, 2.24) is 19.9 Å². The first kappa shape index (κ1) is 16.2. The second-order valence-corrected chi connectivity index (χ2v) is 6.53. The van der Waals surface area contributed by atoms with E-state index in [1.165, 1.54) is 11.3 Å². The standard InChI is InChI=1S/C19H14N4O2S/c24-18(15-8-5-11-26-15)13-6-1-2-7-14(13)19(25)20-12-17-22-21-16-9-3-4-10-23(16)17/h1-11H,12H2,(H,20,25). The highest BCUT2D eigenvalue weighted by atomic mass is 32.1. The van der Waals surface area contributed by atoms with Gasteiger partial charge >= 0.3 is 0 Å². The Morgan fingerprint density at radius 3 is 2.58 bits per heavy atom. The number of thiophene rings is 1. The van der Waals surface area contributed by atoms with E-state index in [2.05, 4.69) is 15.5 Å². The van der Waals surface area contributed by atoms with E-state index in [1.54, 1.807) is 30.3 Å². The molecule has 0 saturated carbocycles. The summed E-state index contributed by atoms with van der Waals surface area (Å²) in [4.78, 5) is 25.9. The van der Waals surface area contributed by atoms with Gasteiger partial charge in [0, 0.05) is 11.8 Å². The maximum absolute atomic E-state index is 12.7. The van der Waals surface area contributed by atoms with E-state index in [1.807, 2.05) is 40.2 Å². The minimum atomic E-state index is -0.321. The molecule has 0 spiro atoms. The number of aromatic nitrogens is 3. The second-order valence-electron chi connectivity index (χ2n) is 5.58. The number of rotatable bonds is 5. The summed E-state index contributed by atoms with van der Waals surface area (Å²) in [6.45, 7) is 0.214. The largest absolute Gasteiger partial charge is 0.345 e. The van der Waals surface area contributed by atoms with Gasteiger partial charge in [0.25, 0.3) is 5.91 Å². The molecule has 6 nitrogen and oxygen atoms in total. The zero-order valence-corrected chi connectivity index (χ0v) is 14.4. The van der Waals surface area contributed by atoms with Gasteiger partial charge in [-0.1, -0.05) is 30.3 Å². The van der Waals surface area contributed by atoms with Crippen LogP contribution in [-0.4, -0.2) is 26.3 Å². The number of pyridine rings is 1. The molecule has 1 N–H and O–H groups in total. The van der Waals surface area contributed by atoms with Crippen LogP contribution in [0.2, 0.25) is 0 Å². The van der Waals surface area contributed by atoms with E-state index in [0.29, 0.717) is 27.5 Å². The van der Waals surface area contributed by atoms with Crippen LogP contribution in [-0.2, 0) is 6.54 Å². The predicted octanol–water partition coefficient (Wildman–Crippen LogP) is 2.95. The molecule has 0 unspecified atom stereocenters. The average Bonchev–Trinajstić information content (AvgIpc) is 3.35. The summed E-state index contributed by atoms with van der Waals surface area (Å²) in [5.41, 5.74) is 1.45. The van der Waals surface area contributed by atoms with Crippen molar-refractivity contribution in [3.63, 3.8) is 0 Å². The summed E-state index contributed by atoms with van der Waals surface area (Å²) < 4.78 is 1.81. The zero-order chi connectivity index (χ0) is 17.9. The highest BCUT2D eigenvalue weighted by molar-refractivity contribution is 7.12. The van der Waals surface area contributed by atoms with E-state index >= 15 is 0 Å². The molecule has 1 aromatic carbocycles. The lowest BCUT2D eigenvalue weighted by atomic mass is 10.0. The monoisotopic (exact) mass is 362 g/mol. The van der Waals surface area contributed by atoms with Crippen molar-refractivity contribution < 1.29 is 9.59 Å². The van der Waals surface area contributed by atoms with Gasteiger partial charge in [0.2, 0.25) is 5.78 Å². The SMILES string of the molecule is O=C(NCc1nnc2ccccn12)c1ccccc1C(=O)c1cccs1. The zero-order valence-electron chi connectivity index (χ0n) is 13.6. The maximum Gasteiger partial charge on any atom is 0.252 e. The Kier molecular flexibility index (Phi) is 4.28. The van der Waals surface area contributed by atoms with E-state index in [9.17, 15) is 9.59 Å². The molecule has 0 aliphatic carbocycles. The Bertz CT molecular complexity index is 1090. The highest BCUT2D eigenvalue weighted by Crippen LogP contribution is 2.18. The molecule has 26 heavy (non-hydrogen) atoms. The molecule has 4 aromatic rings. The minimum Gasteiger partial charge on any atom is -0.345 e. The fourth-order valence-corrected chi connectivity index (χ4v) is 3.36. The number of ketones is 1. The fourth-order valence-electron chi connectivity index (χ4n) is 2.69. The molecule has 7 heteroatoms. The van der Waals surface area contributed by atoms with Crippen LogP contribution in [0.3, 0.4) is 0 Å². The van der Waals surface area contributed by atoms with Crippen molar-refractivity contribution in [3.8, 4) is 0 Å². The molecule has 1 amide bonds. The number of fused-ring (bicyclic) bond motifs is 1. The van der Waals surface area contributed by atoms with Crippen LogP contribution < -0.4 is 5.32 Å². The third-order valence-corrected chi connectivity index (χ3v) is 4.82. The molecular weight excluding hydrogens is 348 g/mol. The van der Waals surface area contributed by atoms with Gasteiger partial charge in [0.05, 0.1) is 17.0 Å². The number of amides is 1. The number of nitrogens with one attached hydrogen (secondary N) is 1. The molecule has 0 radical (unpaired) electrons. The summed E-state index contributed by atoms with van der Waals surface area (Å²) in [5.74, 6) is 0.146. The number of benzene rings is 1. The number of nitrogens with zero attached hydrogens (tertiary/aromatic N) is 3. The van der Waals surface area contributed by atoms with Crippen molar-refractivity contribution >= 4 is 28.7 Å². The number of carbonyl (C=O) groups excluding carboxylic acids is 2. The van der Waals surface area contributed by atoms with E-state index in [-0.39, 0.29) is 18.2 Å². The fraction of sp³-hybridized carbons (Fsp3) is 0.0526. The summed E-state index contributed by atoms with van der Waals surface area (Å²) in [5, 5.41) is 12.8. The van der Waals surface area contributed by atoms with Crippen LogP contribution in [0.1, 0.15) is 31.4 Å². The van der Waals surface area contributed by atoms with E-state index < -0.39 is 0 Å². The lowest BCUT2D eigenvalue weighted by molar-refractivity contribution is 0.0939. The van der Waals surface area contributed by atoms with Crippen LogP contribution in [0.5, 0.6) is 0 Å². The Labute approximate surface area is 153 Å². The Morgan fingerprint density at radius 2 is 1.77 bits per heavy atom. The molecule has 0 bridgehead atoms. The molecule has 3 heterocycles. The third kappa shape index (κ3) is 3.00. The van der Waals surface area contributed by atoms with Gasteiger partial charge in [0.15, 0.2) is 11.5 Å². The topological polar surface area (TPSA) is 76.4 Å². The van der Waals surface area contributed by atoms with Gasteiger partial charge in [-0.25, -0.2) is 0 Å².